The molecule has 0 fully saturated rings. The maximum absolute atomic E-state index is 11.1. The summed E-state index contributed by atoms with van der Waals surface area (Å²) in [4.78, 5) is 5.37. The monoisotopic (exact) mass is 318 g/mol. The van der Waals surface area contributed by atoms with Gasteiger partial charge in [0, 0.05) is 16.4 Å². The van der Waals surface area contributed by atoms with Gasteiger partial charge in [-0.15, -0.1) is 23.1 Å². The van der Waals surface area contributed by atoms with E-state index in [0.717, 1.165) is 6.26 Å². The number of thiophene rings is 1. The average molecular weight is 318 g/mol. The Hall–Kier alpha value is -0.860. The van der Waals surface area contributed by atoms with Crippen LogP contribution in [0.3, 0.4) is 0 Å². The number of thioether (sulfide) groups is 1. The van der Waals surface area contributed by atoms with Crippen molar-refractivity contribution >= 4 is 32.9 Å². The van der Waals surface area contributed by atoms with E-state index < -0.39 is 9.84 Å². The first-order chi connectivity index (χ1) is 8.94. The fourth-order valence-electron chi connectivity index (χ4n) is 1.44. The summed E-state index contributed by atoms with van der Waals surface area (Å²) >= 11 is 3.40. The van der Waals surface area contributed by atoms with E-state index in [2.05, 4.69) is 23.1 Å². The molecule has 0 saturated carbocycles. The Kier molecular flexibility index (Phi) is 4.64. The Morgan fingerprint density at radius 1 is 1.53 bits per heavy atom. The molecule has 19 heavy (non-hydrogen) atoms. The van der Waals surface area contributed by atoms with Gasteiger partial charge >= 0.3 is 0 Å². The van der Waals surface area contributed by atoms with E-state index in [4.69, 9.17) is 4.52 Å². The summed E-state index contributed by atoms with van der Waals surface area (Å²) < 4.78 is 27.2. The molecule has 104 valence electrons. The molecule has 0 aliphatic rings. The van der Waals surface area contributed by atoms with Crippen LogP contribution in [-0.4, -0.2) is 24.8 Å². The maximum Gasteiger partial charge on any atom is 0.236 e. The summed E-state index contributed by atoms with van der Waals surface area (Å²) in [5.41, 5.74) is 0. The number of hydrogen-bond donors (Lipinski definition) is 0. The lowest BCUT2D eigenvalue weighted by Gasteiger charge is -2.06. The molecule has 0 saturated heterocycles. The second-order valence-corrected chi connectivity index (χ2v) is 8.59. The van der Waals surface area contributed by atoms with Gasteiger partial charge in [0.2, 0.25) is 5.89 Å². The molecule has 0 spiro atoms. The van der Waals surface area contributed by atoms with Crippen molar-refractivity contribution in [1.29, 1.82) is 0 Å². The standard InChI is InChI=1S/C11H14N2O3S3/c1-8(9-4-3-5-17-9)18-6-11-12-10(13-16-11)7-19(2,14)15/h3-5,8H,6-7H2,1-2H3/t8-/m0/s1. The fraction of sp³-hybridized carbons (Fsp3) is 0.455. The van der Waals surface area contributed by atoms with Crippen LogP contribution in [-0.2, 0) is 21.3 Å². The fourth-order valence-corrected chi connectivity index (χ4v) is 3.82. The predicted molar refractivity (Wildman–Crippen MR) is 76.9 cm³/mol. The predicted octanol–water partition coefficient (Wildman–Crippen LogP) is 2.67. The van der Waals surface area contributed by atoms with Gasteiger partial charge in [-0.2, -0.15) is 4.98 Å². The second kappa shape index (κ2) is 6.06. The van der Waals surface area contributed by atoms with Crippen LogP contribution in [0, 0.1) is 0 Å². The van der Waals surface area contributed by atoms with Crippen molar-refractivity contribution in [1.82, 2.24) is 10.1 Å². The first-order valence-corrected chi connectivity index (χ1v) is 9.57. The van der Waals surface area contributed by atoms with Gasteiger partial charge in [0.25, 0.3) is 0 Å². The van der Waals surface area contributed by atoms with Gasteiger partial charge in [-0.1, -0.05) is 11.2 Å². The highest BCUT2D eigenvalue weighted by Crippen LogP contribution is 2.33. The number of nitrogens with zero attached hydrogens (tertiary/aromatic N) is 2. The van der Waals surface area contributed by atoms with E-state index in [1.165, 1.54) is 4.88 Å². The smallest absolute Gasteiger partial charge is 0.236 e. The zero-order valence-electron chi connectivity index (χ0n) is 10.6. The lowest BCUT2D eigenvalue weighted by atomic mass is 10.4. The summed E-state index contributed by atoms with van der Waals surface area (Å²) in [6, 6.07) is 4.11. The second-order valence-electron chi connectivity index (χ2n) is 4.14. The van der Waals surface area contributed by atoms with E-state index in [1.807, 2.05) is 11.4 Å². The Morgan fingerprint density at radius 2 is 2.32 bits per heavy atom. The molecule has 2 rings (SSSR count). The molecule has 1 atom stereocenters. The first-order valence-electron chi connectivity index (χ1n) is 5.58. The zero-order valence-corrected chi connectivity index (χ0v) is 13.0. The molecule has 0 radical (unpaired) electrons. The Balaban J connectivity index is 1.90. The highest BCUT2D eigenvalue weighted by atomic mass is 32.2. The highest BCUT2D eigenvalue weighted by molar-refractivity contribution is 7.98. The molecule has 0 aliphatic heterocycles. The molecule has 0 unspecified atom stereocenters. The van der Waals surface area contributed by atoms with Gasteiger partial charge in [-0.25, -0.2) is 8.42 Å². The molecule has 0 bridgehead atoms. The summed E-state index contributed by atoms with van der Waals surface area (Å²) in [7, 11) is -3.12. The van der Waals surface area contributed by atoms with Crippen molar-refractivity contribution in [2.75, 3.05) is 6.26 Å². The van der Waals surface area contributed by atoms with E-state index >= 15 is 0 Å². The van der Waals surface area contributed by atoms with Gasteiger partial charge in [-0.3, -0.25) is 0 Å². The van der Waals surface area contributed by atoms with E-state index in [-0.39, 0.29) is 11.6 Å². The summed E-state index contributed by atoms with van der Waals surface area (Å²) in [6.45, 7) is 2.12. The van der Waals surface area contributed by atoms with Crippen molar-refractivity contribution in [3.63, 3.8) is 0 Å². The molecule has 8 heteroatoms. The molecule has 5 nitrogen and oxygen atoms in total. The van der Waals surface area contributed by atoms with Gasteiger partial charge < -0.3 is 4.52 Å². The highest BCUT2D eigenvalue weighted by Gasteiger charge is 2.14. The molecule has 2 aromatic rings. The van der Waals surface area contributed by atoms with Crippen LogP contribution in [0.2, 0.25) is 0 Å². The van der Waals surface area contributed by atoms with Crippen LogP contribution >= 0.6 is 23.1 Å². The minimum atomic E-state index is -3.12. The van der Waals surface area contributed by atoms with Gasteiger partial charge in [0.15, 0.2) is 15.7 Å². The van der Waals surface area contributed by atoms with Crippen molar-refractivity contribution in [3.8, 4) is 0 Å². The van der Waals surface area contributed by atoms with Crippen LogP contribution in [0.15, 0.2) is 22.0 Å². The Labute approximate surface area is 120 Å². The molecule has 0 amide bonds. The normalized spacial score (nSPS) is 13.6. The zero-order chi connectivity index (χ0) is 13.9. The number of rotatable bonds is 6. The number of sulfone groups is 1. The summed E-state index contributed by atoms with van der Waals surface area (Å²) in [5, 5.41) is 6.06. The largest absolute Gasteiger partial charge is 0.338 e. The number of hydrogen-bond acceptors (Lipinski definition) is 7. The molecule has 2 heterocycles. The minimum absolute atomic E-state index is 0.179. The quantitative estimate of drug-likeness (QED) is 0.815. The lowest BCUT2D eigenvalue weighted by Crippen LogP contribution is -2.02. The van der Waals surface area contributed by atoms with Crippen LogP contribution in [0.4, 0.5) is 0 Å². The number of aromatic nitrogens is 2. The third kappa shape index (κ3) is 4.63. The van der Waals surface area contributed by atoms with Crippen LogP contribution < -0.4 is 0 Å². The van der Waals surface area contributed by atoms with Crippen molar-refractivity contribution in [2.45, 2.75) is 23.7 Å². The SMILES string of the molecule is C[C@H](SCc1nc(CS(C)(=O)=O)no1)c1cccs1. The molecule has 0 aromatic carbocycles. The van der Waals surface area contributed by atoms with Gasteiger partial charge in [0.05, 0.1) is 5.75 Å². The molecular formula is C11H14N2O3S3. The Bertz CT molecular complexity index is 619. The van der Waals surface area contributed by atoms with E-state index in [1.54, 1.807) is 23.1 Å². The maximum atomic E-state index is 11.1. The average Bonchev–Trinajstić information content (AvgIpc) is 2.94. The summed E-state index contributed by atoms with van der Waals surface area (Å²) in [6.07, 6.45) is 1.15. The third-order valence-electron chi connectivity index (χ3n) is 2.30. The van der Waals surface area contributed by atoms with Crippen molar-refractivity contribution in [3.05, 3.63) is 34.1 Å². The third-order valence-corrected chi connectivity index (χ3v) is 5.46. The van der Waals surface area contributed by atoms with E-state index in [9.17, 15) is 8.42 Å². The minimum Gasteiger partial charge on any atom is -0.338 e. The molecular weight excluding hydrogens is 304 g/mol. The Morgan fingerprint density at radius 3 is 2.95 bits per heavy atom. The van der Waals surface area contributed by atoms with Crippen molar-refractivity contribution in [2.24, 2.45) is 0 Å². The van der Waals surface area contributed by atoms with Crippen LogP contribution in [0.5, 0.6) is 0 Å². The van der Waals surface area contributed by atoms with Crippen LogP contribution in [0.25, 0.3) is 0 Å². The molecule has 0 N–H and O–H groups in total. The molecule has 2 aromatic heterocycles. The topological polar surface area (TPSA) is 73.1 Å². The molecule has 0 aliphatic carbocycles. The first kappa shape index (κ1) is 14.5. The van der Waals surface area contributed by atoms with E-state index in [0.29, 0.717) is 16.9 Å². The van der Waals surface area contributed by atoms with Gasteiger partial charge in [0.1, 0.15) is 5.75 Å². The van der Waals surface area contributed by atoms with Gasteiger partial charge in [-0.05, 0) is 18.4 Å². The lowest BCUT2D eigenvalue weighted by molar-refractivity contribution is 0.386. The van der Waals surface area contributed by atoms with Crippen molar-refractivity contribution < 1.29 is 12.9 Å². The van der Waals surface area contributed by atoms with Crippen LogP contribution in [0.1, 0.15) is 28.8 Å². The summed E-state index contributed by atoms with van der Waals surface area (Å²) in [5.74, 6) is 1.09.